The number of rotatable bonds is 5. The molecule has 0 unspecified atom stereocenters. The van der Waals surface area contributed by atoms with Crippen LogP contribution in [0, 0.1) is 68.0 Å². The van der Waals surface area contributed by atoms with E-state index in [2.05, 4.69) is 6.92 Å². The Labute approximate surface area is 108 Å². The summed E-state index contributed by atoms with van der Waals surface area (Å²) in [5.41, 5.74) is -2.85. The lowest BCUT2D eigenvalue weighted by Gasteiger charge is -2.13. The molecule has 1 fully saturated rings. The van der Waals surface area contributed by atoms with Crippen molar-refractivity contribution < 1.29 is 0 Å². The van der Waals surface area contributed by atoms with Crippen molar-refractivity contribution in [1.82, 2.24) is 0 Å². The zero-order valence-electron chi connectivity index (χ0n) is 10.8. The first-order chi connectivity index (χ1) is 8.63. The van der Waals surface area contributed by atoms with Gasteiger partial charge in [0.15, 0.2) is 10.8 Å². The molecule has 1 aliphatic carbocycles. The van der Waals surface area contributed by atoms with E-state index in [9.17, 15) is 21.0 Å². The summed E-state index contributed by atoms with van der Waals surface area (Å²) in [6.45, 7) is 4.06. The van der Waals surface area contributed by atoms with Gasteiger partial charge in [-0.25, -0.2) is 0 Å². The molecule has 0 saturated heterocycles. The molecule has 0 aliphatic heterocycles. The van der Waals surface area contributed by atoms with Crippen molar-refractivity contribution in [2.24, 2.45) is 22.7 Å². The van der Waals surface area contributed by atoms with Gasteiger partial charge in [-0.15, -0.1) is 0 Å². The van der Waals surface area contributed by atoms with Gasteiger partial charge in [0.05, 0.1) is 24.3 Å². The zero-order chi connectivity index (χ0) is 13.8. The molecule has 0 bridgehead atoms. The lowest BCUT2D eigenvalue weighted by atomic mass is 9.89. The van der Waals surface area contributed by atoms with Gasteiger partial charge in [-0.2, -0.15) is 21.0 Å². The summed E-state index contributed by atoms with van der Waals surface area (Å²) in [5.74, 6) is -0.324. The summed E-state index contributed by atoms with van der Waals surface area (Å²) in [6.07, 6.45) is 3.69. The predicted molar refractivity (Wildman–Crippen MR) is 64.1 cm³/mol. The van der Waals surface area contributed by atoms with Crippen LogP contribution in [0.3, 0.4) is 0 Å². The maximum atomic E-state index is 9.22. The summed E-state index contributed by atoms with van der Waals surface area (Å²) in [4.78, 5) is 0. The summed E-state index contributed by atoms with van der Waals surface area (Å²) in [5, 5.41) is 36.9. The summed E-state index contributed by atoms with van der Waals surface area (Å²) < 4.78 is 0. The first-order valence-corrected chi connectivity index (χ1v) is 6.29. The van der Waals surface area contributed by atoms with Crippen molar-refractivity contribution in [3.05, 3.63) is 0 Å². The third-order valence-electron chi connectivity index (χ3n) is 4.10. The smallest absolute Gasteiger partial charge is 0.181 e. The van der Waals surface area contributed by atoms with Gasteiger partial charge in [0, 0.05) is 5.92 Å². The molecule has 0 aromatic rings. The topological polar surface area (TPSA) is 95.2 Å². The van der Waals surface area contributed by atoms with Crippen molar-refractivity contribution in [1.29, 1.82) is 21.0 Å². The highest BCUT2D eigenvalue weighted by molar-refractivity contribution is 5.51. The van der Waals surface area contributed by atoms with Crippen molar-refractivity contribution in [3.8, 4) is 24.3 Å². The van der Waals surface area contributed by atoms with Crippen LogP contribution in [0.15, 0.2) is 0 Å². The highest BCUT2D eigenvalue weighted by Gasteiger charge is 2.82. The molecule has 1 aliphatic rings. The Hall–Kier alpha value is -2.04. The van der Waals surface area contributed by atoms with E-state index in [1.54, 1.807) is 0 Å². The molecular weight excluding hydrogens is 224 g/mol. The minimum absolute atomic E-state index is 0.101. The second-order valence-electron chi connectivity index (χ2n) is 4.85. The van der Waals surface area contributed by atoms with Crippen LogP contribution in [-0.4, -0.2) is 0 Å². The first kappa shape index (κ1) is 14.0. The average Bonchev–Trinajstić information content (AvgIpc) is 3.02. The fourth-order valence-electron chi connectivity index (χ4n) is 2.96. The van der Waals surface area contributed by atoms with Gasteiger partial charge < -0.3 is 0 Å². The number of hydrogen-bond acceptors (Lipinski definition) is 4. The molecular formula is C14H16N4. The summed E-state index contributed by atoms with van der Waals surface area (Å²) >= 11 is 0. The van der Waals surface area contributed by atoms with E-state index in [0.717, 1.165) is 25.7 Å². The highest BCUT2D eigenvalue weighted by Crippen LogP contribution is 2.71. The van der Waals surface area contributed by atoms with E-state index in [-0.39, 0.29) is 5.92 Å². The zero-order valence-corrected chi connectivity index (χ0v) is 10.8. The minimum atomic E-state index is -1.43. The second-order valence-corrected chi connectivity index (χ2v) is 4.85. The van der Waals surface area contributed by atoms with E-state index in [1.165, 1.54) is 0 Å². The number of hydrogen-bond donors (Lipinski definition) is 0. The Bertz CT molecular complexity index is 414. The summed E-state index contributed by atoms with van der Waals surface area (Å²) in [6, 6.07) is 7.72. The molecule has 0 spiro atoms. The molecule has 0 N–H and O–H groups in total. The van der Waals surface area contributed by atoms with Gasteiger partial charge >= 0.3 is 0 Å². The molecule has 0 aromatic heterocycles. The van der Waals surface area contributed by atoms with Crippen LogP contribution in [0.25, 0.3) is 0 Å². The van der Waals surface area contributed by atoms with Crippen LogP contribution >= 0.6 is 0 Å². The van der Waals surface area contributed by atoms with E-state index in [1.807, 2.05) is 31.2 Å². The van der Waals surface area contributed by atoms with Gasteiger partial charge in [0.1, 0.15) is 0 Å². The van der Waals surface area contributed by atoms with Crippen molar-refractivity contribution >= 4 is 0 Å². The number of nitrogens with zero attached hydrogens (tertiary/aromatic N) is 4. The van der Waals surface area contributed by atoms with Gasteiger partial charge in [0.25, 0.3) is 0 Å². The Morgan fingerprint density at radius 3 is 1.67 bits per heavy atom. The lowest BCUT2D eigenvalue weighted by molar-refractivity contribution is 0.366. The van der Waals surface area contributed by atoms with Gasteiger partial charge in [0.2, 0.25) is 0 Å². The Morgan fingerprint density at radius 2 is 1.39 bits per heavy atom. The molecule has 92 valence electrons. The molecule has 1 saturated carbocycles. The SMILES string of the molecule is CCCC[C@H](CC)C1C(C#N)(C#N)C1(C#N)C#N. The molecule has 4 heteroatoms. The lowest BCUT2D eigenvalue weighted by Crippen LogP contribution is -2.08. The normalized spacial score (nSPS) is 20.8. The van der Waals surface area contributed by atoms with Crippen LogP contribution in [0.1, 0.15) is 39.5 Å². The summed E-state index contributed by atoms with van der Waals surface area (Å²) in [7, 11) is 0. The fraction of sp³-hybridized carbons (Fsp3) is 0.714. The molecule has 0 heterocycles. The van der Waals surface area contributed by atoms with Crippen LogP contribution < -0.4 is 0 Å². The molecule has 18 heavy (non-hydrogen) atoms. The second kappa shape index (κ2) is 5.08. The molecule has 1 atom stereocenters. The quantitative estimate of drug-likeness (QED) is 0.738. The van der Waals surface area contributed by atoms with E-state index in [0.29, 0.717) is 0 Å². The third-order valence-corrected chi connectivity index (χ3v) is 4.10. The van der Waals surface area contributed by atoms with E-state index in [4.69, 9.17) is 0 Å². The maximum absolute atomic E-state index is 9.22. The van der Waals surface area contributed by atoms with Crippen LogP contribution in [0.2, 0.25) is 0 Å². The number of nitriles is 4. The largest absolute Gasteiger partial charge is 0.196 e. The first-order valence-electron chi connectivity index (χ1n) is 6.29. The van der Waals surface area contributed by atoms with E-state index >= 15 is 0 Å². The van der Waals surface area contributed by atoms with E-state index < -0.39 is 16.7 Å². The average molecular weight is 240 g/mol. The molecule has 0 amide bonds. The van der Waals surface area contributed by atoms with Crippen LogP contribution in [-0.2, 0) is 0 Å². The van der Waals surface area contributed by atoms with Crippen molar-refractivity contribution in [2.45, 2.75) is 39.5 Å². The maximum Gasteiger partial charge on any atom is 0.181 e. The van der Waals surface area contributed by atoms with Crippen molar-refractivity contribution in [3.63, 3.8) is 0 Å². The molecule has 0 aromatic carbocycles. The van der Waals surface area contributed by atoms with Crippen LogP contribution in [0.4, 0.5) is 0 Å². The molecule has 0 radical (unpaired) electrons. The Kier molecular flexibility index (Phi) is 3.96. The predicted octanol–water partition coefficient (Wildman–Crippen LogP) is 2.90. The monoisotopic (exact) mass is 240 g/mol. The van der Waals surface area contributed by atoms with Gasteiger partial charge in [-0.3, -0.25) is 0 Å². The highest BCUT2D eigenvalue weighted by atomic mass is 14.8. The Morgan fingerprint density at radius 1 is 0.944 bits per heavy atom. The van der Waals surface area contributed by atoms with Gasteiger partial charge in [-0.1, -0.05) is 39.5 Å². The van der Waals surface area contributed by atoms with Crippen molar-refractivity contribution in [2.75, 3.05) is 0 Å². The molecule has 4 nitrogen and oxygen atoms in total. The third kappa shape index (κ3) is 1.54. The molecule has 1 rings (SSSR count). The van der Waals surface area contributed by atoms with Gasteiger partial charge in [-0.05, 0) is 5.92 Å². The minimum Gasteiger partial charge on any atom is -0.196 e. The standard InChI is InChI=1S/C14H16N4/c1-3-5-6-11(4-2)12-13(7-15,8-16)14(12,9-17)10-18/h11-12H,3-6H2,1-2H3/t11-/m0/s1. The van der Waals surface area contributed by atoms with Crippen LogP contribution in [0.5, 0.6) is 0 Å². The fourth-order valence-corrected chi connectivity index (χ4v) is 2.96. The Balaban J connectivity index is 3.11. The number of unbranched alkanes of at least 4 members (excludes halogenated alkanes) is 1.